The van der Waals surface area contributed by atoms with E-state index in [0.29, 0.717) is 5.56 Å². The molecule has 1 saturated heterocycles. The summed E-state index contributed by atoms with van der Waals surface area (Å²) in [7, 11) is 0. The van der Waals surface area contributed by atoms with Crippen LogP contribution in [0.5, 0.6) is 0 Å². The molecule has 0 amide bonds. The third kappa shape index (κ3) is 2.21. The van der Waals surface area contributed by atoms with Gasteiger partial charge in [-0.15, -0.1) is 0 Å². The summed E-state index contributed by atoms with van der Waals surface area (Å²) >= 11 is 3.47. The largest absolute Gasteiger partial charge is 0.356 e. The minimum Gasteiger partial charge on any atom is -0.356 e. The van der Waals surface area contributed by atoms with Crippen LogP contribution in [0.1, 0.15) is 41.4 Å². The van der Waals surface area contributed by atoms with Crippen LogP contribution < -0.4 is 0 Å². The molecule has 19 heavy (non-hydrogen) atoms. The van der Waals surface area contributed by atoms with Crippen LogP contribution in [-0.2, 0) is 4.74 Å². The number of hydrogen-bond donors (Lipinski definition) is 0. The lowest BCUT2D eigenvalue weighted by molar-refractivity contribution is -0.0368. The number of aryl methyl sites for hydroxylation is 1. The standard InChI is InChI=1S/C14H15BrN2O2/c1-9-6-12-11(7-10(9)8-18)14(15)16-17(12)13-4-2-3-5-19-13/h6-8,13H,2-5H2,1H3. The Bertz CT molecular complexity index is 630. The van der Waals surface area contributed by atoms with Crippen molar-refractivity contribution in [2.45, 2.75) is 32.4 Å². The van der Waals surface area contributed by atoms with Crippen LogP contribution in [0.3, 0.4) is 0 Å². The zero-order chi connectivity index (χ0) is 13.4. The zero-order valence-electron chi connectivity index (χ0n) is 10.7. The summed E-state index contributed by atoms with van der Waals surface area (Å²) in [5.41, 5.74) is 2.69. The molecule has 0 spiro atoms. The number of fused-ring (bicyclic) bond motifs is 1. The summed E-state index contributed by atoms with van der Waals surface area (Å²) in [6, 6.07) is 3.89. The summed E-state index contributed by atoms with van der Waals surface area (Å²) in [6.45, 7) is 2.73. The van der Waals surface area contributed by atoms with E-state index >= 15 is 0 Å². The van der Waals surface area contributed by atoms with E-state index < -0.39 is 0 Å². The quantitative estimate of drug-likeness (QED) is 0.793. The predicted molar refractivity (Wildman–Crippen MR) is 76.4 cm³/mol. The van der Waals surface area contributed by atoms with Crippen molar-refractivity contribution in [3.05, 3.63) is 27.9 Å². The maximum absolute atomic E-state index is 11.0. The fraction of sp³-hybridized carbons (Fsp3) is 0.429. The van der Waals surface area contributed by atoms with Crippen molar-refractivity contribution in [3.63, 3.8) is 0 Å². The topological polar surface area (TPSA) is 44.1 Å². The average molecular weight is 323 g/mol. The molecule has 1 aromatic carbocycles. The van der Waals surface area contributed by atoms with Gasteiger partial charge in [-0.1, -0.05) is 0 Å². The van der Waals surface area contributed by atoms with Crippen molar-refractivity contribution in [2.24, 2.45) is 0 Å². The monoisotopic (exact) mass is 322 g/mol. The van der Waals surface area contributed by atoms with Gasteiger partial charge in [0.25, 0.3) is 0 Å². The minimum atomic E-state index is 0.00373. The van der Waals surface area contributed by atoms with E-state index in [1.807, 2.05) is 23.7 Å². The predicted octanol–water partition coefficient (Wildman–Crippen LogP) is 3.62. The molecule has 1 aliphatic heterocycles. The molecule has 2 aromatic rings. The molecule has 1 aromatic heterocycles. The molecule has 0 saturated carbocycles. The number of halogens is 1. The zero-order valence-corrected chi connectivity index (χ0v) is 12.3. The molecule has 100 valence electrons. The summed E-state index contributed by atoms with van der Waals surface area (Å²) in [5, 5.41) is 5.48. The summed E-state index contributed by atoms with van der Waals surface area (Å²) in [5.74, 6) is 0. The highest BCUT2D eigenvalue weighted by atomic mass is 79.9. The molecule has 2 heterocycles. The lowest BCUT2D eigenvalue weighted by Crippen LogP contribution is -2.19. The average Bonchev–Trinajstić information content (AvgIpc) is 2.75. The van der Waals surface area contributed by atoms with Crippen molar-refractivity contribution in [1.29, 1.82) is 0 Å². The van der Waals surface area contributed by atoms with Gasteiger partial charge in [0.05, 0.1) is 5.52 Å². The van der Waals surface area contributed by atoms with Crippen molar-refractivity contribution < 1.29 is 9.53 Å². The van der Waals surface area contributed by atoms with Gasteiger partial charge in [0.1, 0.15) is 10.9 Å². The van der Waals surface area contributed by atoms with E-state index in [-0.39, 0.29) is 6.23 Å². The Morgan fingerprint density at radius 1 is 1.47 bits per heavy atom. The van der Waals surface area contributed by atoms with Crippen LogP contribution >= 0.6 is 15.9 Å². The van der Waals surface area contributed by atoms with Gasteiger partial charge in [0.15, 0.2) is 6.23 Å². The van der Waals surface area contributed by atoms with Crippen LogP contribution in [0.15, 0.2) is 16.7 Å². The Hall–Kier alpha value is -1.20. The number of hydrogen-bond acceptors (Lipinski definition) is 3. The van der Waals surface area contributed by atoms with Gasteiger partial charge in [-0.05, 0) is 59.8 Å². The van der Waals surface area contributed by atoms with Gasteiger partial charge in [0, 0.05) is 17.6 Å². The number of ether oxygens (including phenoxy) is 1. The van der Waals surface area contributed by atoms with Crippen LogP contribution in [0.2, 0.25) is 0 Å². The summed E-state index contributed by atoms with van der Waals surface area (Å²) < 4.78 is 8.49. The minimum absolute atomic E-state index is 0.00373. The van der Waals surface area contributed by atoms with Crippen LogP contribution in [0, 0.1) is 6.92 Å². The van der Waals surface area contributed by atoms with E-state index in [1.165, 1.54) is 0 Å². The number of carbonyl (C=O) groups is 1. The van der Waals surface area contributed by atoms with Crippen LogP contribution in [-0.4, -0.2) is 22.7 Å². The third-order valence-corrected chi connectivity index (χ3v) is 4.19. The molecule has 5 heteroatoms. The molecule has 1 aliphatic rings. The highest BCUT2D eigenvalue weighted by Gasteiger charge is 2.21. The van der Waals surface area contributed by atoms with Gasteiger partial charge < -0.3 is 4.74 Å². The lowest BCUT2D eigenvalue weighted by atomic mass is 10.1. The van der Waals surface area contributed by atoms with E-state index in [9.17, 15) is 4.79 Å². The molecule has 4 nitrogen and oxygen atoms in total. The second-order valence-corrected chi connectivity index (χ2v) is 5.65. The third-order valence-electron chi connectivity index (χ3n) is 3.60. The second kappa shape index (κ2) is 5.06. The Labute approximate surface area is 119 Å². The Kier molecular flexibility index (Phi) is 3.41. The first-order valence-electron chi connectivity index (χ1n) is 6.46. The number of nitrogens with zero attached hydrogens (tertiary/aromatic N) is 2. The van der Waals surface area contributed by atoms with Gasteiger partial charge in [0.2, 0.25) is 0 Å². The molecule has 1 atom stereocenters. The van der Waals surface area contributed by atoms with Crippen molar-refractivity contribution in [2.75, 3.05) is 6.61 Å². The normalized spacial score (nSPS) is 19.8. The first-order valence-corrected chi connectivity index (χ1v) is 7.25. The maximum atomic E-state index is 11.0. The fourth-order valence-electron chi connectivity index (χ4n) is 2.53. The van der Waals surface area contributed by atoms with E-state index in [4.69, 9.17) is 4.74 Å². The molecule has 0 N–H and O–H groups in total. The van der Waals surface area contributed by atoms with Gasteiger partial charge >= 0.3 is 0 Å². The van der Waals surface area contributed by atoms with Crippen molar-refractivity contribution >= 4 is 33.1 Å². The Morgan fingerprint density at radius 3 is 3.00 bits per heavy atom. The number of carbonyl (C=O) groups excluding carboxylic acids is 1. The van der Waals surface area contributed by atoms with E-state index in [2.05, 4.69) is 21.0 Å². The number of benzene rings is 1. The molecule has 1 fully saturated rings. The Balaban J connectivity index is 2.15. The van der Waals surface area contributed by atoms with Gasteiger partial charge in [-0.25, -0.2) is 4.68 Å². The van der Waals surface area contributed by atoms with E-state index in [0.717, 1.165) is 53.2 Å². The van der Waals surface area contributed by atoms with Gasteiger partial charge in [-0.2, -0.15) is 5.10 Å². The fourth-order valence-corrected chi connectivity index (χ4v) is 3.02. The first-order chi connectivity index (χ1) is 9.20. The number of aromatic nitrogens is 2. The second-order valence-electron chi connectivity index (χ2n) is 4.90. The van der Waals surface area contributed by atoms with Crippen LogP contribution in [0.25, 0.3) is 10.9 Å². The number of rotatable bonds is 2. The van der Waals surface area contributed by atoms with Gasteiger partial charge in [-0.3, -0.25) is 4.79 Å². The SMILES string of the molecule is Cc1cc2c(cc1C=O)c(Br)nn2C1CCCCO1. The molecular formula is C14H15BrN2O2. The Morgan fingerprint density at radius 2 is 2.32 bits per heavy atom. The van der Waals surface area contributed by atoms with Crippen molar-refractivity contribution in [1.82, 2.24) is 9.78 Å². The van der Waals surface area contributed by atoms with Crippen molar-refractivity contribution in [3.8, 4) is 0 Å². The first kappa shape index (κ1) is 12.8. The molecule has 3 rings (SSSR count). The highest BCUT2D eigenvalue weighted by Crippen LogP contribution is 2.31. The molecule has 0 bridgehead atoms. The smallest absolute Gasteiger partial charge is 0.150 e. The van der Waals surface area contributed by atoms with E-state index in [1.54, 1.807) is 0 Å². The molecule has 0 radical (unpaired) electrons. The molecule has 0 aliphatic carbocycles. The molecule has 1 unspecified atom stereocenters. The number of aldehydes is 1. The maximum Gasteiger partial charge on any atom is 0.150 e. The highest BCUT2D eigenvalue weighted by molar-refractivity contribution is 9.10. The molecular weight excluding hydrogens is 308 g/mol. The van der Waals surface area contributed by atoms with Crippen LogP contribution in [0.4, 0.5) is 0 Å². The lowest BCUT2D eigenvalue weighted by Gasteiger charge is -2.23. The summed E-state index contributed by atoms with van der Waals surface area (Å²) in [4.78, 5) is 11.0. The summed E-state index contributed by atoms with van der Waals surface area (Å²) in [6.07, 6.45) is 4.15.